The Bertz CT molecular complexity index is 35.3. The van der Waals surface area contributed by atoms with Gasteiger partial charge in [-0.05, 0) is 13.8 Å². The van der Waals surface area contributed by atoms with Gasteiger partial charge in [-0.15, -0.1) is 0 Å². The molecule has 0 heterocycles. The van der Waals surface area contributed by atoms with Crippen LogP contribution >= 0.6 is 0 Å². The highest BCUT2D eigenvalue weighted by molar-refractivity contribution is 4.70. The summed E-state index contributed by atoms with van der Waals surface area (Å²) in [5.41, 5.74) is 11.8. The predicted molar refractivity (Wildman–Crippen MR) is 26.2 cm³/mol. The van der Waals surface area contributed by atoms with Gasteiger partial charge in [0.05, 0.1) is 0 Å². The molecule has 0 aromatic carbocycles. The van der Waals surface area contributed by atoms with Crippen LogP contribution in [0.25, 0.3) is 0 Å². The average Bonchev–Trinajstić information content (AvgIpc) is 1.35. The second-order valence-electron chi connectivity index (χ2n) is 2.17. The zero-order valence-corrected chi connectivity index (χ0v) is 4.28. The maximum absolute atomic E-state index is 6.73. The van der Waals surface area contributed by atoms with Gasteiger partial charge in [-0.25, -0.2) is 0 Å². The molecule has 2 nitrogen and oxygen atoms in total. The van der Waals surface area contributed by atoms with Crippen LogP contribution in [-0.4, -0.2) is 12.1 Å². The van der Waals surface area contributed by atoms with E-state index < -0.39 is 0 Å². The Kier molecular flexibility index (Phi) is 1.56. The average molecular weight is 87.1 g/mol. The van der Waals surface area contributed by atoms with Crippen LogP contribution in [0.4, 0.5) is 0 Å². The van der Waals surface area contributed by atoms with Crippen LogP contribution in [0.3, 0.4) is 0 Å². The fourth-order valence-electron chi connectivity index (χ4n) is 0. The molecule has 0 aliphatic carbocycles. The van der Waals surface area contributed by atoms with E-state index in [2.05, 4.69) is 0 Å². The van der Waals surface area contributed by atoms with E-state index in [0.29, 0.717) is 6.54 Å². The molecule has 6 heavy (non-hydrogen) atoms. The Hall–Kier alpha value is -0.0800. The summed E-state index contributed by atoms with van der Waals surface area (Å²) in [6.07, 6.45) is 0. The Balaban J connectivity index is 3.17. The zero-order valence-electron chi connectivity index (χ0n) is 4.28. The van der Waals surface area contributed by atoms with Crippen molar-refractivity contribution in [1.29, 1.82) is 0 Å². The highest BCUT2D eigenvalue weighted by Crippen LogP contribution is 1.89. The first kappa shape index (κ1) is 5.92. The van der Waals surface area contributed by atoms with Gasteiger partial charge in [-0.3, -0.25) is 5.73 Å². The van der Waals surface area contributed by atoms with Crippen molar-refractivity contribution < 1.29 is 0 Å². The molecule has 0 amide bonds. The van der Waals surface area contributed by atoms with E-state index in [-0.39, 0.29) is 5.54 Å². The van der Waals surface area contributed by atoms with Crippen LogP contribution in [0.2, 0.25) is 0 Å². The Labute approximate surface area is 38.5 Å². The Morgan fingerprint density at radius 2 is 1.83 bits per heavy atom. The smallest absolute Gasteiger partial charge is 0.0275 e. The van der Waals surface area contributed by atoms with Gasteiger partial charge in [0.15, 0.2) is 0 Å². The summed E-state index contributed by atoms with van der Waals surface area (Å²) in [5.74, 6) is 0. The molecular weight excluding hydrogens is 76.1 g/mol. The second kappa shape index (κ2) is 1.58. The monoisotopic (exact) mass is 87.1 g/mol. The van der Waals surface area contributed by atoms with Crippen LogP contribution in [0, 0.1) is 0 Å². The summed E-state index contributed by atoms with van der Waals surface area (Å²) < 4.78 is 0. The Morgan fingerprint density at radius 1 is 1.67 bits per heavy atom. The number of nitrogens with two attached hydrogens (primary N) is 1. The lowest BCUT2D eigenvalue weighted by atomic mass is 10.1. The van der Waals surface area contributed by atoms with E-state index in [9.17, 15) is 0 Å². The predicted octanol–water partition coefficient (Wildman–Crippen LogP) is 0.00660. The van der Waals surface area contributed by atoms with E-state index in [1.165, 1.54) is 0 Å². The molecule has 37 valence electrons. The molecular formula is C4H11N2. The molecule has 0 fully saturated rings. The summed E-state index contributed by atoms with van der Waals surface area (Å²) >= 11 is 0. The van der Waals surface area contributed by atoms with Gasteiger partial charge < -0.3 is 5.73 Å². The van der Waals surface area contributed by atoms with E-state index in [4.69, 9.17) is 11.5 Å². The van der Waals surface area contributed by atoms with Crippen molar-refractivity contribution in [2.75, 3.05) is 6.54 Å². The first-order valence-electron chi connectivity index (χ1n) is 2.00. The molecule has 0 aliphatic rings. The molecule has 0 spiro atoms. The van der Waals surface area contributed by atoms with Crippen LogP contribution < -0.4 is 11.5 Å². The summed E-state index contributed by atoms with van der Waals surface area (Å²) in [5, 5.41) is 0. The zero-order chi connectivity index (χ0) is 5.21. The summed E-state index contributed by atoms with van der Waals surface area (Å²) in [6, 6.07) is 0. The maximum Gasteiger partial charge on any atom is 0.0275 e. The van der Waals surface area contributed by atoms with E-state index >= 15 is 0 Å². The highest BCUT2D eigenvalue weighted by Gasteiger charge is 2.04. The van der Waals surface area contributed by atoms with Crippen LogP contribution in [0.1, 0.15) is 13.8 Å². The van der Waals surface area contributed by atoms with Gasteiger partial charge in [0.25, 0.3) is 0 Å². The van der Waals surface area contributed by atoms with Gasteiger partial charge >= 0.3 is 0 Å². The minimum absolute atomic E-state index is 0.292. The summed E-state index contributed by atoms with van der Waals surface area (Å²) in [7, 11) is 0. The quantitative estimate of drug-likeness (QED) is 0.481. The highest BCUT2D eigenvalue weighted by atomic mass is 14.8. The maximum atomic E-state index is 6.73. The molecule has 0 saturated heterocycles. The first-order chi connectivity index (χ1) is 2.56. The molecule has 2 heteroatoms. The van der Waals surface area contributed by atoms with Crippen molar-refractivity contribution in [2.24, 2.45) is 5.73 Å². The standard InChI is InChI=1S/C4H11N2/c1-4(2,6)3-5/h5H,3,6H2,1-2H3. The third-order valence-corrected chi connectivity index (χ3v) is 0.456. The fourth-order valence-corrected chi connectivity index (χ4v) is 0. The molecule has 1 radical (unpaired) electrons. The van der Waals surface area contributed by atoms with E-state index in [1.807, 2.05) is 13.8 Å². The minimum Gasteiger partial charge on any atom is -0.324 e. The molecule has 0 aromatic rings. The summed E-state index contributed by atoms with van der Waals surface area (Å²) in [4.78, 5) is 0. The van der Waals surface area contributed by atoms with Crippen molar-refractivity contribution >= 4 is 0 Å². The normalized spacial score (nSPS) is 12.0. The third kappa shape index (κ3) is 3.92. The molecule has 0 saturated carbocycles. The molecule has 0 atom stereocenters. The van der Waals surface area contributed by atoms with Gasteiger partial charge in [0.1, 0.15) is 0 Å². The largest absolute Gasteiger partial charge is 0.324 e. The first-order valence-corrected chi connectivity index (χ1v) is 2.00. The van der Waals surface area contributed by atoms with Crippen molar-refractivity contribution in [3.05, 3.63) is 0 Å². The van der Waals surface area contributed by atoms with Crippen LogP contribution in [-0.2, 0) is 0 Å². The number of nitrogens with one attached hydrogen (secondary N) is 1. The fraction of sp³-hybridized carbons (Fsp3) is 1.00. The van der Waals surface area contributed by atoms with Crippen molar-refractivity contribution in [1.82, 2.24) is 5.73 Å². The van der Waals surface area contributed by atoms with Gasteiger partial charge in [0, 0.05) is 12.1 Å². The van der Waals surface area contributed by atoms with Gasteiger partial charge in [0.2, 0.25) is 0 Å². The molecule has 3 N–H and O–H groups in total. The second-order valence-corrected chi connectivity index (χ2v) is 2.17. The Morgan fingerprint density at radius 3 is 1.83 bits per heavy atom. The molecule has 0 aliphatic heterocycles. The van der Waals surface area contributed by atoms with Crippen molar-refractivity contribution in [3.8, 4) is 0 Å². The van der Waals surface area contributed by atoms with E-state index in [1.54, 1.807) is 0 Å². The summed E-state index contributed by atoms with van der Waals surface area (Å²) in [6.45, 7) is 3.97. The van der Waals surface area contributed by atoms with Crippen LogP contribution in [0.15, 0.2) is 0 Å². The molecule has 0 rings (SSSR count). The number of rotatable bonds is 1. The van der Waals surface area contributed by atoms with Crippen molar-refractivity contribution in [3.63, 3.8) is 0 Å². The molecule has 0 unspecified atom stereocenters. The SMILES string of the molecule is CC(C)(N)C[NH]. The number of hydrogen-bond acceptors (Lipinski definition) is 1. The topological polar surface area (TPSA) is 49.8 Å². The lowest BCUT2D eigenvalue weighted by Gasteiger charge is -2.12. The van der Waals surface area contributed by atoms with Gasteiger partial charge in [-0.2, -0.15) is 0 Å². The van der Waals surface area contributed by atoms with Gasteiger partial charge in [-0.1, -0.05) is 0 Å². The van der Waals surface area contributed by atoms with E-state index in [0.717, 1.165) is 0 Å². The third-order valence-electron chi connectivity index (χ3n) is 0.456. The molecule has 0 aromatic heterocycles. The molecule has 0 bridgehead atoms. The van der Waals surface area contributed by atoms with Crippen LogP contribution in [0.5, 0.6) is 0 Å². The van der Waals surface area contributed by atoms with Crippen molar-refractivity contribution in [2.45, 2.75) is 19.4 Å². The number of hydrogen-bond donors (Lipinski definition) is 1. The lowest BCUT2D eigenvalue weighted by molar-refractivity contribution is 0.525. The lowest BCUT2D eigenvalue weighted by Crippen LogP contribution is -2.36. The minimum atomic E-state index is -0.292.